The maximum absolute atomic E-state index is 13.2. The lowest BCUT2D eigenvalue weighted by atomic mass is 10.2. The Morgan fingerprint density at radius 1 is 1.25 bits per heavy atom. The Bertz CT molecular complexity index is 709. The molecule has 1 aromatic heterocycles. The van der Waals surface area contributed by atoms with Crippen LogP contribution in [0.2, 0.25) is 0 Å². The molecule has 0 spiro atoms. The molecule has 0 atom stereocenters. The van der Waals surface area contributed by atoms with Gasteiger partial charge in [-0.2, -0.15) is 18.3 Å². The number of aromatic nitrogens is 2. The van der Waals surface area contributed by atoms with E-state index in [2.05, 4.69) is 5.10 Å². The quantitative estimate of drug-likeness (QED) is 0.823. The van der Waals surface area contributed by atoms with Gasteiger partial charge in [-0.05, 0) is 24.0 Å². The van der Waals surface area contributed by atoms with E-state index in [1.807, 2.05) is 38.1 Å². The van der Waals surface area contributed by atoms with Gasteiger partial charge < -0.3 is 0 Å². The molecular formula is C17H20F3N3O. The number of alkyl halides is 3. The molecule has 0 saturated heterocycles. The van der Waals surface area contributed by atoms with Crippen molar-refractivity contribution in [2.75, 3.05) is 11.6 Å². The number of hydroxylamine groups is 1. The van der Waals surface area contributed by atoms with Crippen LogP contribution in [-0.2, 0) is 30.6 Å². The van der Waals surface area contributed by atoms with Gasteiger partial charge in [0, 0.05) is 24.8 Å². The number of benzene rings is 1. The Morgan fingerprint density at radius 3 is 2.71 bits per heavy atom. The Balaban J connectivity index is 1.76. The van der Waals surface area contributed by atoms with Crippen LogP contribution < -0.4 is 5.06 Å². The molecule has 130 valence electrons. The van der Waals surface area contributed by atoms with E-state index in [0.29, 0.717) is 13.1 Å². The highest BCUT2D eigenvalue weighted by atomic mass is 19.4. The van der Waals surface area contributed by atoms with Gasteiger partial charge in [-0.3, -0.25) is 14.6 Å². The molecule has 0 radical (unpaired) electrons. The molecule has 4 nitrogen and oxygen atoms in total. The first-order chi connectivity index (χ1) is 11.3. The van der Waals surface area contributed by atoms with Gasteiger partial charge >= 0.3 is 6.18 Å². The van der Waals surface area contributed by atoms with Gasteiger partial charge in [-0.25, -0.2) is 0 Å². The molecule has 3 rings (SSSR count). The molecule has 2 heterocycles. The average Bonchev–Trinajstić information content (AvgIpc) is 3.08. The second-order valence-corrected chi connectivity index (χ2v) is 6.37. The topological polar surface area (TPSA) is 30.3 Å². The second kappa shape index (κ2) is 6.47. The number of hydrogen-bond acceptors (Lipinski definition) is 3. The van der Waals surface area contributed by atoms with Crippen molar-refractivity contribution in [2.45, 2.75) is 39.6 Å². The molecular weight excluding hydrogens is 319 g/mol. The smallest absolute Gasteiger partial charge is 0.272 e. The lowest BCUT2D eigenvalue weighted by molar-refractivity contribution is -0.142. The van der Waals surface area contributed by atoms with E-state index in [1.165, 1.54) is 10.9 Å². The number of para-hydroxylation sites is 1. The minimum absolute atomic E-state index is 0.0625. The fraction of sp³-hybridized carbons (Fsp3) is 0.471. The Labute approximate surface area is 138 Å². The zero-order valence-corrected chi connectivity index (χ0v) is 13.7. The molecule has 0 amide bonds. The summed E-state index contributed by atoms with van der Waals surface area (Å²) >= 11 is 0. The molecule has 0 bridgehead atoms. The van der Waals surface area contributed by atoms with Crippen molar-refractivity contribution in [3.63, 3.8) is 0 Å². The number of rotatable bonds is 5. The summed E-state index contributed by atoms with van der Waals surface area (Å²) in [5.74, 6) is 0.213. The van der Waals surface area contributed by atoms with Crippen molar-refractivity contribution in [2.24, 2.45) is 5.92 Å². The van der Waals surface area contributed by atoms with Crippen molar-refractivity contribution < 1.29 is 18.0 Å². The standard InChI is InChI=1S/C17H20F3N3O/c1-12(2)9-22-10-14(16(21-22)17(18,19)20)11-24-23-8-7-13-5-3-4-6-15(13)23/h3-6,10,12H,7-9,11H2,1-2H3. The first kappa shape index (κ1) is 16.8. The third kappa shape index (κ3) is 3.56. The van der Waals surface area contributed by atoms with Gasteiger partial charge in [0.2, 0.25) is 0 Å². The summed E-state index contributed by atoms with van der Waals surface area (Å²) in [6.45, 7) is 4.80. The van der Waals surface area contributed by atoms with Gasteiger partial charge in [-0.1, -0.05) is 32.0 Å². The van der Waals surface area contributed by atoms with Gasteiger partial charge in [-0.15, -0.1) is 0 Å². The van der Waals surface area contributed by atoms with Crippen LogP contribution in [0.5, 0.6) is 0 Å². The summed E-state index contributed by atoms with van der Waals surface area (Å²) in [6, 6.07) is 7.75. The molecule has 0 unspecified atom stereocenters. The second-order valence-electron chi connectivity index (χ2n) is 6.37. The first-order valence-electron chi connectivity index (χ1n) is 7.96. The van der Waals surface area contributed by atoms with Crippen molar-refractivity contribution >= 4 is 5.69 Å². The van der Waals surface area contributed by atoms with E-state index in [9.17, 15) is 13.2 Å². The molecule has 0 N–H and O–H groups in total. The van der Waals surface area contributed by atoms with Crippen LogP contribution in [0.3, 0.4) is 0 Å². The van der Waals surface area contributed by atoms with Crippen LogP contribution in [0, 0.1) is 5.92 Å². The zero-order chi connectivity index (χ0) is 17.3. The summed E-state index contributed by atoms with van der Waals surface area (Å²) in [5, 5.41) is 5.37. The van der Waals surface area contributed by atoms with Crippen molar-refractivity contribution in [1.29, 1.82) is 0 Å². The highest BCUT2D eigenvalue weighted by Gasteiger charge is 2.37. The van der Waals surface area contributed by atoms with Crippen LogP contribution in [0.1, 0.15) is 30.7 Å². The van der Waals surface area contributed by atoms with E-state index in [0.717, 1.165) is 17.7 Å². The number of fused-ring (bicyclic) bond motifs is 1. The average molecular weight is 339 g/mol. The maximum atomic E-state index is 13.2. The molecule has 0 aliphatic carbocycles. The van der Waals surface area contributed by atoms with Crippen LogP contribution >= 0.6 is 0 Å². The summed E-state index contributed by atoms with van der Waals surface area (Å²) in [6.07, 6.45) is -2.22. The number of anilines is 1. The van der Waals surface area contributed by atoms with Crippen molar-refractivity contribution in [1.82, 2.24) is 9.78 Å². The van der Waals surface area contributed by atoms with E-state index < -0.39 is 11.9 Å². The highest BCUT2D eigenvalue weighted by Crippen LogP contribution is 2.32. The van der Waals surface area contributed by atoms with Crippen LogP contribution in [-0.4, -0.2) is 16.3 Å². The first-order valence-corrected chi connectivity index (χ1v) is 7.96. The van der Waals surface area contributed by atoms with E-state index in [1.54, 1.807) is 5.06 Å². The fourth-order valence-electron chi connectivity index (χ4n) is 2.86. The Kier molecular flexibility index (Phi) is 4.54. The minimum Gasteiger partial charge on any atom is -0.272 e. The van der Waals surface area contributed by atoms with Gasteiger partial charge in [0.25, 0.3) is 0 Å². The third-order valence-corrected chi connectivity index (χ3v) is 3.88. The van der Waals surface area contributed by atoms with E-state index in [-0.39, 0.29) is 18.1 Å². The molecule has 1 aliphatic rings. The Morgan fingerprint density at radius 2 is 2.00 bits per heavy atom. The number of halogens is 3. The highest BCUT2D eigenvalue weighted by molar-refractivity contribution is 5.55. The van der Waals surface area contributed by atoms with Crippen LogP contribution in [0.15, 0.2) is 30.5 Å². The SMILES string of the molecule is CC(C)Cn1cc(CON2CCc3ccccc32)c(C(F)(F)F)n1. The molecule has 2 aromatic rings. The third-order valence-electron chi connectivity index (χ3n) is 3.88. The number of hydrogen-bond donors (Lipinski definition) is 0. The largest absolute Gasteiger partial charge is 0.435 e. The zero-order valence-electron chi connectivity index (χ0n) is 13.7. The van der Waals surface area contributed by atoms with E-state index >= 15 is 0 Å². The molecule has 0 fully saturated rings. The minimum atomic E-state index is -4.48. The van der Waals surface area contributed by atoms with Crippen molar-refractivity contribution in [3.05, 3.63) is 47.3 Å². The summed E-state index contributed by atoms with van der Waals surface area (Å²) in [5.41, 5.74) is 1.26. The van der Waals surface area contributed by atoms with Crippen LogP contribution in [0.25, 0.3) is 0 Å². The lowest BCUT2D eigenvalue weighted by Gasteiger charge is -2.18. The van der Waals surface area contributed by atoms with Gasteiger partial charge in [0.15, 0.2) is 5.69 Å². The number of nitrogens with zero attached hydrogens (tertiary/aromatic N) is 3. The fourth-order valence-corrected chi connectivity index (χ4v) is 2.86. The summed E-state index contributed by atoms with van der Waals surface area (Å²) < 4.78 is 40.9. The predicted octanol–water partition coefficient (Wildman–Crippen LogP) is 4.05. The molecule has 24 heavy (non-hydrogen) atoms. The molecule has 7 heteroatoms. The molecule has 1 aromatic carbocycles. The maximum Gasteiger partial charge on any atom is 0.435 e. The molecule has 1 aliphatic heterocycles. The van der Waals surface area contributed by atoms with Crippen LogP contribution in [0.4, 0.5) is 18.9 Å². The van der Waals surface area contributed by atoms with Gasteiger partial charge in [0.05, 0.1) is 5.69 Å². The molecule has 0 saturated carbocycles. The summed E-state index contributed by atoms with van der Waals surface area (Å²) in [7, 11) is 0. The van der Waals surface area contributed by atoms with Crippen molar-refractivity contribution in [3.8, 4) is 0 Å². The summed E-state index contributed by atoms with van der Waals surface area (Å²) in [4.78, 5) is 5.65. The van der Waals surface area contributed by atoms with E-state index in [4.69, 9.17) is 4.84 Å². The Hall–Kier alpha value is -2.02. The normalized spacial score (nSPS) is 14.5. The van der Waals surface area contributed by atoms with Gasteiger partial charge in [0.1, 0.15) is 6.61 Å². The monoisotopic (exact) mass is 339 g/mol. The lowest BCUT2D eigenvalue weighted by Crippen LogP contribution is -2.21. The predicted molar refractivity (Wildman–Crippen MR) is 84.3 cm³/mol.